The van der Waals surface area contributed by atoms with Crippen LogP contribution in [0.15, 0.2) is 0 Å². The Hall–Kier alpha value is -0.120. The average molecular weight is 266 g/mol. The van der Waals surface area contributed by atoms with Gasteiger partial charge in [-0.1, -0.05) is 19.8 Å². The Bertz CT molecular complexity index is 280. The van der Waals surface area contributed by atoms with Gasteiger partial charge in [0.2, 0.25) is 0 Å². The molecule has 0 amide bonds. The van der Waals surface area contributed by atoms with E-state index in [-0.39, 0.29) is 0 Å². The van der Waals surface area contributed by atoms with Crippen LogP contribution in [0.2, 0.25) is 0 Å². The van der Waals surface area contributed by atoms with Gasteiger partial charge in [-0.15, -0.1) is 0 Å². The number of piperidine rings is 1. The summed E-state index contributed by atoms with van der Waals surface area (Å²) in [5.74, 6) is 0.978. The Morgan fingerprint density at radius 3 is 2.79 bits per heavy atom. The molecule has 4 atom stereocenters. The van der Waals surface area contributed by atoms with Crippen LogP contribution in [0.4, 0.5) is 0 Å². The number of likely N-dealkylation sites (tertiary alicyclic amines) is 1. The lowest BCUT2D eigenvalue weighted by atomic mass is 9.77. The normalized spacial score (nSPS) is 40.9. The van der Waals surface area contributed by atoms with Crippen molar-refractivity contribution in [2.45, 2.75) is 70.0 Å². The number of hydrogen-bond acceptors (Lipinski definition) is 3. The molecular formula is C16H30N2O. The summed E-state index contributed by atoms with van der Waals surface area (Å²) in [6, 6.07) is 2.13. The molecule has 0 aromatic rings. The van der Waals surface area contributed by atoms with Crippen molar-refractivity contribution in [1.82, 2.24) is 10.2 Å². The van der Waals surface area contributed by atoms with Crippen LogP contribution in [0.1, 0.15) is 51.9 Å². The van der Waals surface area contributed by atoms with E-state index in [1.54, 1.807) is 0 Å². The molecule has 2 heterocycles. The second-order valence-electron chi connectivity index (χ2n) is 6.59. The molecule has 3 heteroatoms. The van der Waals surface area contributed by atoms with Gasteiger partial charge in [0.25, 0.3) is 0 Å². The van der Waals surface area contributed by atoms with Gasteiger partial charge in [-0.3, -0.25) is 4.90 Å². The van der Waals surface area contributed by atoms with Crippen molar-refractivity contribution in [2.24, 2.45) is 5.92 Å². The van der Waals surface area contributed by atoms with Crippen LogP contribution >= 0.6 is 0 Å². The fraction of sp³-hybridized carbons (Fsp3) is 1.00. The first-order chi connectivity index (χ1) is 9.40. The van der Waals surface area contributed by atoms with Crippen molar-refractivity contribution in [3.8, 4) is 0 Å². The molecule has 3 fully saturated rings. The van der Waals surface area contributed by atoms with Crippen molar-refractivity contribution in [1.29, 1.82) is 0 Å². The van der Waals surface area contributed by atoms with Gasteiger partial charge in [0.15, 0.2) is 0 Å². The summed E-state index contributed by atoms with van der Waals surface area (Å²) in [6.07, 6.45) is 9.87. The highest BCUT2D eigenvalue weighted by molar-refractivity contribution is 4.95. The summed E-state index contributed by atoms with van der Waals surface area (Å²) >= 11 is 0. The van der Waals surface area contributed by atoms with E-state index in [0.29, 0.717) is 12.1 Å². The summed E-state index contributed by atoms with van der Waals surface area (Å²) in [7, 11) is 0. The second-order valence-corrected chi connectivity index (χ2v) is 6.59. The minimum absolute atomic E-state index is 0.625. The van der Waals surface area contributed by atoms with Gasteiger partial charge in [0, 0.05) is 24.7 Å². The van der Waals surface area contributed by atoms with Gasteiger partial charge >= 0.3 is 0 Å². The Morgan fingerprint density at radius 2 is 1.89 bits per heavy atom. The molecule has 110 valence electrons. The third-order valence-corrected chi connectivity index (χ3v) is 5.50. The molecule has 0 bridgehead atoms. The number of ether oxygens (including phenoxy) is 1. The lowest BCUT2D eigenvalue weighted by Crippen LogP contribution is -2.61. The van der Waals surface area contributed by atoms with Crippen molar-refractivity contribution < 1.29 is 4.74 Å². The number of fused-ring (bicyclic) bond motifs is 1. The summed E-state index contributed by atoms with van der Waals surface area (Å²) < 4.78 is 5.81. The fourth-order valence-electron chi connectivity index (χ4n) is 4.63. The SMILES string of the molecule is CCNC1CCOCC1N1CCCC2CCCCC21. The molecule has 3 nitrogen and oxygen atoms in total. The van der Waals surface area contributed by atoms with E-state index in [1.807, 2.05) is 0 Å². The van der Waals surface area contributed by atoms with Crippen LogP contribution in [-0.2, 0) is 4.74 Å². The quantitative estimate of drug-likeness (QED) is 0.849. The third kappa shape index (κ3) is 2.98. The summed E-state index contributed by atoms with van der Waals surface area (Å²) in [4.78, 5) is 2.83. The van der Waals surface area contributed by atoms with Crippen LogP contribution in [0.5, 0.6) is 0 Å². The summed E-state index contributed by atoms with van der Waals surface area (Å²) in [6.45, 7) is 6.50. The maximum absolute atomic E-state index is 5.81. The van der Waals surface area contributed by atoms with E-state index in [1.165, 1.54) is 51.5 Å². The zero-order chi connectivity index (χ0) is 13.1. The molecule has 19 heavy (non-hydrogen) atoms. The molecule has 1 N–H and O–H groups in total. The molecule has 2 aliphatic heterocycles. The van der Waals surface area contributed by atoms with E-state index in [0.717, 1.165) is 31.7 Å². The predicted molar refractivity (Wildman–Crippen MR) is 78.4 cm³/mol. The zero-order valence-corrected chi connectivity index (χ0v) is 12.4. The highest BCUT2D eigenvalue weighted by Gasteiger charge is 2.40. The Morgan fingerprint density at radius 1 is 1.05 bits per heavy atom. The van der Waals surface area contributed by atoms with Crippen LogP contribution in [0, 0.1) is 5.92 Å². The number of hydrogen-bond donors (Lipinski definition) is 1. The predicted octanol–water partition coefficient (Wildman–Crippen LogP) is 2.41. The maximum atomic E-state index is 5.81. The first-order valence-electron chi connectivity index (χ1n) is 8.47. The van der Waals surface area contributed by atoms with Crippen LogP contribution < -0.4 is 5.32 Å². The number of nitrogens with one attached hydrogen (secondary N) is 1. The standard InChI is InChI=1S/C16H30N2O/c1-2-17-14-9-11-19-12-16(14)18-10-5-7-13-6-3-4-8-15(13)18/h13-17H,2-12H2,1H3. The molecule has 0 aromatic heterocycles. The van der Waals surface area contributed by atoms with Gasteiger partial charge in [0.05, 0.1) is 6.61 Å². The topological polar surface area (TPSA) is 24.5 Å². The van der Waals surface area contributed by atoms with E-state index in [2.05, 4.69) is 17.1 Å². The minimum atomic E-state index is 0.625. The molecule has 1 saturated carbocycles. The zero-order valence-electron chi connectivity index (χ0n) is 12.4. The van der Waals surface area contributed by atoms with Crippen LogP contribution in [0.25, 0.3) is 0 Å². The number of rotatable bonds is 3. The fourth-order valence-corrected chi connectivity index (χ4v) is 4.63. The van der Waals surface area contributed by atoms with Crippen molar-refractivity contribution in [2.75, 3.05) is 26.3 Å². The van der Waals surface area contributed by atoms with Crippen LogP contribution in [0.3, 0.4) is 0 Å². The maximum Gasteiger partial charge on any atom is 0.0637 e. The van der Waals surface area contributed by atoms with Crippen molar-refractivity contribution in [3.63, 3.8) is 0 Å². The first kappa shape index (κ1) is 13.8. The Labute approximate surface area is 118 Å². The molecule has 1 aliphatic carbocycles. The van der Waals surface area contributed by atoms with E-state index in [4.69, 9.17) is 4.74 Å². The molecule has 0 spiro atoms. The molecule has 3 aliphatic rings. The van der Waals surface area contributed by atoms with Gasteiger partial charge in [-0.25, -0.2) is 0 Å². The molecule has 0 radical (unpaired) electrons. The number of nitrogens with zero attached hydrogens (tertiary/aromatic N) is 1. The largest absolute Gasteiger partial charge is 0.380 e. The molecule has 2 saturated heterocycles. The van der Waals surface area contributed by atoms with E-state index < -0.39 is 0 Å². The van der Waals surface area contributed by atoms with E-state index in [9.17, 15) is 0 Å². The van der Waals surface area contributed by atoms with Gasteiger partial charge in [-0.05, 0) is 51.1 Å². The van der Waals surface area contributed by atoms with Crippen LogP contribution in [-0.4, -0.2) is 49.3 Å². The van der Waals surface area contributed by atoms with Gasteiger partial charge in [0.1, 0.15) is 0 Å². The minimum Gasteiger partial charge on any atom is -0.380 e. The average Bonchev–Trinajstić information content (AvgIpc) is 2.48. The summed E-state index contributed by atoms with van der Waals surface area (Å²) in [5, 5.41) is 3.71. The molecule has 4 unspecified atom stereocenters. The summed E-state index contributed by atoms with van der Waals surface area (Å²) in [5.41, 5.74) is 0. The monoisotopic (exact) mass is 266 g/mol. The highest BCUT2D eigenvalue weighted by Crippen LogP contribution is 2.37. The second kappa shape index (κ2) is 6.55. The number of likely N-dealkylation sites (N-methyl/N-ethyl adjacent to an activating group) is 1. The lowest BCUT2D eigenvalue weighted by Gasteiger charge is -2.50. The Kier molecular flexibility index (Phi) is 4.78. The molecule has 3 rings (SSSR count). The third-order valence-electron chi connectivity index (χ3n) is 5.50. The van der Waals surface area contributed by atoms with Crippen molar-refractivity contribution in [3.05, 3.63) is 0 Å². The smallest absolute Gasteiger partial charge is 0.0637 e. The molecular weight excluding hydrogens is 236 g/mol. The Balaban J connectivity index is 1.70. The highest BCUT2D eigenvalue weighted by atomic mass is 16.5. The van der Waals surface area contributed by atoms with Gasteiger partial charge in [-0.2, -0.15) is 0 Å². The first-order valence-corrected chi connectivity index (χ1v) is 8.47. The molecule has 0 aromatic carbocycles. The lowest BCUT2D eigenvalue weighted by molar-refractivity contribution is -0.0526. The van der Waals surface area contributed by atoms with Gasteiger partial charge < -0.3 is 10.1 Å². The van der Waals surface area contributed by atoms with E-state index >= 15 is 0 Å². The van der Waals surface area contributed by atoms with Crippen molar-refractivity contribution >= 4 is 0 Å².